The highest BCUT2D eigenvalue weighted by atomic mass is 19.1. The number of nitrogens with one attached hydrogen (secondary N) is 1. The van der Waals surface area contributed by atoms with Crippen molar-refractivity contribution in [1.82, 2.24) is 19.9 Å². The van der Waals surface area contributed by atoms with Gasteiger partial charge in [0, 0.05) is 18.3 Å². The number of nitrogens with zero attached hydrogens (tertiary/aromatic N) is 4. The average molecular weight is 530 g/mol. The molecule has 4 aromatic rings. The van der Waals surface area contributed by atoms with Gasteiger partial charge in [-0.25, -0.2) is 9.07 Å². The second kappa shape index (κ2) is 10.4. The topological polar surface area (TPSA) is 98.6 Å². The zero-order valence-electron chi connectivity index (χ0n) is 21.3. The number of carbonyl (C=O) groups excluding carboxylic acids is 2. The third kappa shape index (κ3) is 4.89. The molecule has 2 aliphatic rings. The van der Waals surface area contributed by atoms with Crippen molar-refractivity contribution < 1.29 is 23.5 Å². The van der Waals surface area contributed by atoms with Crippen molar-refractivity contribution in [2.75, 3.05) is 12.1 Å². The lowest BCUT2D eigenvalue weighted by Crippen LogP contribution is -2.60. The summed E-state index contributed by atoms with van der Waals surface area (Å²) >= 11 is 0. The van der Waals surface area contributed by atoms with Crippen molar-refractivity contribution >= 4 is 28.5 Å². The maximum atomic E-state index is 14.1. The van der Waals surface area contributed by atoms with Crippen molar-refractivity contribution in [2.24, 2.45) is 0 Å². The molecule has 0 radical (unpaired) electrons. The van der Waals surface area contributed by atoms with E-state index in [0.29, 0.717) is 35.5 Å². The van der Waals surface area contributed by atoms with Crippen molar-refractivity contribution in [3.63, 3.8) is 0 Å². The summed E-state index contributed by atoms with van der Waals surface area (Å²) in [6.07, 6.45) is 3.59. The van der Waals surface area contributed by atoms with Crippen LogP contribution in [-0.4, -0.2) is 44.0 Å². The zero-order valence-corrected chi connectivity index (χ0v) is 21.3. The largest absolute Gasteiger partial charge is 0.454 e. The SMILES string of the molecule is O=C(Cn1nnc2ccccc21)N(Cc1ccc(F)cc1)C1(C(=O)Nc2ccc3c(c2)OCO3)CCCCC1. The minimum absolute atomic E-state index is 0.0826. The highest BCUT2D eigenvalue weighted by Crippen LogP contribution is 2.38. The second-order valence-corrected chi connectivity index (χ2v) is 9.96. The van der Waals surface area contributed by atoms with Crippen LogP contribution in [-0.2, 0) is 22.7 Å². The Labute approximate surface area is 224 Å². The van der Waals surface area contributed by atoms with Crippen LogP contribution in [0.4, 0.5) is 10.1 Å². The molecule has 10 heteroatoms. The molecule has 0 saturated heterocycles. The summed E-state index contributed by atoms with van der Waals surface area (Å²) in [6.45, 7) is 0.203. The number of hydrogen-bond acceptors (Lipinski definition) is 6. The van der Waals surface area contributed by atoms with Gasteiger partial charge in [-0.3, -0.25) is 9.59 Å². The van der Waals surface area contributed by atoms with Gasteiger partial charge < -0.3 is 19.7 Å². The van der Waals surface area contributed by atoms with Gasteiger partial charge in [-0.15, -0.1) is 5.10 Å². The summed E-state index contributed by atoms with van der Waals surface area (Å²) in [5, 5.41) is 11.4. The third-order valence-corrected chi connectivity index (χ3v) is 7.51. The van der Waals surface area contributed by atoms with E-state index in [1.165, 1.54) is 12.1 Å². The molecule has 1 N–H and O–H groups in total. The van der Waals surface area contributed by atoms with E-state index in [1.807, 2.05) is 24.3 Å². The minimum atomic E-state index is -1.10. The Hall–Kier alpha value is -4.47. The summed E-state index contributed by atoms with van der Waals surface area (Å²) in [6, 6.07) is 18.7. The van der Waals surface area contributed by atoms with Crippen LogP contribution in [0.1, 0.15) is 37.7 Å². The highest BCUT2D eigenvalue weighted by Gasteiger charge is 2.47. The lowest BCUT2D eigenvalue weighted by Gasteiger charge is -2.45. The number of fused-ring (bicyclic) bond motifs is 2. The Kier molecular flexibility index (Phi) is 6.60. The lowest BCUT2D eigenvalue weighted by molar-refractivity contribution is -0.149. The molecule has 200 valence electrons. The van der Waals surface area contributed by atoms with E-state index in [0.717, 1.165) is 30.3 Å². The Bertz CT molecular complexity index is 1510. The number of halogens is 1. The highest BCUT2D eigenvalue weighted by molar-refractivity contribution is 6.01. The molecular formula is C29H28FN5O4. The third-order valence-electron chi connectivity index (χ3n) is 7.51. The van der Waals surface area contributed by atoms with Crippen LogP contribution in [0.2, 0.25) is 0 Å². The van der Waals surface area contributed by atoms with E-state index in [-0.39, 0.29) is 37.5 Å². The Morgan fingerprint density at radius 1 is 0.974 bits per heavy atom. The quantitative estimate of drug-likeness (QED) is 0.374. The number of amides is 2. The van der Waals surface area contributed by atoms with Crippen LogP contribution in [0.15, 0.2) is 66.7 Å². The predicted molar refractivity (Wildman–Crippen MR) is 141 cm³/mol. The Morgan fingerprint density at radius 2 is 1.74 bits per heavy atom. The number of ether oxygens (including phenoxy) is 2. The zero-order chi connectivity index (χ0) is 26.8. The number of rotatable bonds is 7. The molecule has 39 heavy (non-hydrogen) atoms. The summed E-state index contributed by atoms with van der Waals surface area (Å²) in [7, 11) is 0. The summed E-state index contributed by atoms with van der Waals surface area (Å²) < 4.78 is 26.1. The number of para-hydroxylation sites is 1. The molecule has 1 aromatic heterocycles. The standard InChI is InChI=1S/C29H28FN5O4/c30-21-10-8-20(9-11-21)17-34(27(36)18-35-24-7-3-2-6-23(24)32-33-35)29(14-4-1-5-15-29)28(37)31-22-12-13-25-26(16-22)39-19-38-25/h2-3,6-13,16H,1,4-5,14-15,17-19H2,(H,31,37). The molecular weight excluding hydrogens is 501 g/mol. The lowest BCUT2D eigenvalue weighted by atomic mass is 9.78. The fraction of sp³-hybridized carbons (Fsp3) is 0.310. The van der Waals surface area contributed by atoms with Crippen molar-refractivity contribution in [3.05, 3.63) is 78.1 Å². The molecule has 1 saturated carbocycles. The summed E-state index contributed by atoms with van der Waals surface area (Å²) in [5.74, 6) is 0.285. The summed E-state index contributed by atoms with van der Waals surface area (Å²) in [4.78, 5) is 29.9. The van der Waals surface area contributed by atoms with Crippen molar-refractivity contribution in [2.45, 2.75) is 50.7 Å². The maximum Gasteiger partial charge on any atom is 0.250 e. The van der Waals surface area contributed by atoms with E-state index < -0.39 is 5.54 Å². The molecule has 1 aliphatic heterocycles. The number of benzene rings is 3. The van der Waals surface area contributed by atoms with Crippen LogP contribution < -0.4 is 14.8 Å². The van der Waals surface area contributed by atoms with E-state index >= 15 is 0 Å². The second-order valence-electron chi connectivity index (χ2n) is 9.96. The summed E-state index contributed by atoms with van der Waals surface area (Å²) in [5.41, 5.74) is 1.61. The van der Waals surface area contributed by atoms with Crippen molar-refractivity contribution in [1.29, 1.82) is 0 Å². The van der Waals surface area contributed by atoms with Crippen molar-refractivity contribution in [3.8, 4) is 11.5 Å². The van der Waals surface area contributed by atoms with Crippen LogP contribution in [0.3, 0.4) is 0 Å². The molecule has 2 amide bonds. The molecule has 1 fully saturated rings. The van der Waals surface area contributed by atoms with Gasteiger partial charge in [-0.1, -0.05) is 48.7 Å². The van der Waals surface area contributed by atoms with Crippen LogP contribution in [0.5, 0.6) is 11.5 Å². The van der Waals surface area contributed by atoms with Gasteiger partial charge in [0.2, 0.25) is 18.6 Å². The first kappa shape index (κ1) is 24.8. The number of hydrogen-bond donors (Lipinski definition) is 1. The Morgan fingerprint density at radius 3 is 2.56 bits per heavy atom. The number of aromatic nitrogens is 3. The van der Waals surface area contributed by atoms with Crippen LogP contribution in [0, 0.1) is 5.82 Å². The molecule has 0 bridgehead atoms. The molecule has 0 atom stereocenters. The first-order valence-electron chi connectivity index (χ1n) is 13.1. The molecule has 3 aromatic carbocycles. The average Bonchev–Trinajstić information content (AvgIpc) is 3.60. The van der Waals surface area contributed by atoms with Gasteiger partial charge in [0.25, 0.3) is 0 Å². The van der Waals surface area contributed by atoms with E-state index in [1.54, 1.807) is 39.9 Å². The minimum Gasteiger partial charge on any atom is -0.454 e. The first-order chi connectivity index (χ1) is 19.0. The van der Waals surface area contributed by atoms with E-state index in [2.05, 4.69) is 15.6 Å². The first-order valence-corrected chi connectivity index (χ1v) is 13.1. The monoisotopic (exact) mass is 529 g/mol. The molecule has 0 unspecified atom stereocenters. The van der Waals surface area contributed by atoms with E-state index in [4.69, 9.17) is 9.47 Å². The predicted octanol–water partition coefficient (Wildman–Crippen LogP) is 4.67. The van der Waals surface area contributed by atoms with Gasteiger partial charge in [-0.2, -0.15) is 0 Å². The molecule has 1 aliphatic carbocycles. The Balaban J connectivity index is 1.35. The van der Waals surface area contributed by atoms with Crippen LogP contribution in [0.25, 0.3) is 11.0 Å². The fourth-order valence-electron chi connectivity index (χ4n) is 5.48. The maximum absolute atomic E-state index is 14.1. The van der Waals surface area contributed by atoms with Gasteiger partial charge in [0.15, 0.2) is 11.5 Å². The molecule has 9 nitrogen and oxygen atoms in total. The van der Waals surface area contributed by atoms with Gasteiger partial charge >= 0.3 is 0 Å². The van der Waals surface area contributed by atoms with Gasteiger partial charge in [-0.05, 0) is 54.8 Å². The number of anilines is 1. The van der Waals surface area contributed by atoms with Crippen LogP contribution >= 0.6 is 0 Å². The molecule has 6 rings (SSSR count). The smallest absolute Gasteiger partial charge is 0.250 e. The fourth-order valence-corrected chi connectivity index (χ4v) is 5.48. The molecule has 0 spiro atoms. The van der Waals surface area contributed by atoms with E-state index in [9.17, 15) is 14.0 Å². The normalized spacial score (nSPS) is 15.7. The van der Waals surface area contributed by atoms with Gasteiger partial charge in [0.1, 0.15) is 23.4 Å². The van der Waals surface area contributed by atoms with Gasteiger partial charge in [0.05, 0.1) is 5.52 Å². The molecule has 2 heterocycles. The number of carbonyl (C=O) groups is 2.